The summed E-state index contributed by atoms with van der Waals surface area (Å²) in [4.78, 5) is 0. The van der Waals surface area contributed by atoms with Crippen LogP contribution in [0.4, 0.5) is 0 Å². The highest BCUT2D eigenvalue weighted by Crippen LogP contribution is 2.38. The van der Waals surface area contributed by atoms with Crippen LogP contribution in [0.5, 0.6) is 11.5 Å². The average molecular weight is 489 g/mol. The first kappa shape index (κ1) is 21.7. The lowest BCUT2D eigenvalue weighted by Gasteiger charge is -2.17. The third kappa shape index (κ3) is 6.01. The maximum absolute atomic E-state index is 6.25. The largest absolute Gasteiger partial charge is 0.490 e. The molecule has 7 heteroatoms. The molecule has 0 aromatic heterocycles. The highest BCUT2D eigenvalue weighted by atomic mass is 79.9. The van der Waals surface area contributed by atoms with Gasteiger partial charge in [-0.05, 0) is 65.5 Å². The molecular weight excluding hydrogens is 465 g/mol. The summed E-state index contributed by atoms with van der Waals surface area (Å²) < 4.78 is 18.3. The van der Waals surface area contributed by atoms with E-state index in [1.165, 1.54) is 0 Å². The van der Waals surface area contributed by atoms with Crippen molar-refractivity contribution in [1.29, 1.82) is 0 Å². The fourth-order valence-electron chi connectivity index (χ4n) is 3.10. The van der Waals surface area contributed by atoms with Gasteiger partial charge in [0.2, 0.25) is 0 Å². The van der Waals surface area contributed by atoms with Crippen LogP contribution in [0.3, 0.4) is 0 Å². The molecule has 1 aliphatic heterocycles. The Morgan fingerprint density at radius 1 is 1.21 bits per heavy atom. The first-order chi connectivity index (χ1) is 13.6. The van der Waals surface area contributed by atoms with E-state index >= 15 is 0 Å². The van der Waals surface area contributed by atoms with Gasteiger partial charge >= 0.3 is 0 Å². The van der Waals surface area contributed by atoms with E-state index in [1.54, 1.807) is 12.1 Å². The van der Waals surface area contributed by atoms with Crippen molar-refractivity contribution in [2.24, 2.45) is 0 Å². The predicted octanol–water partition coefficient (Wildman–Crippen LogP) is 6.00. The van der Waals surface area contributed by atoms with Gasteiger partial charge in [0.05, 0.1) is 17.2 Å². The Morgan fingerprint density at radius 2 is 2.07 bits per heavy atom. The Kier molecular flexibility index (Phi) is 8.30. The third-order valence-electron chi connectivity index (χ3n) is 4.48. The molecule has 0 saturated carbocycles. The molecule has 0 radical (unpaired) electrons. The summed E-state index contributed by atoms with van der Waals surface area (Å²) in [5.41, 5.74) is 1.98. The SMILES string of the molecule is CCOc1cc(CNC[C@@H]2CCCO2)cc(Br)c1OCc1ccc(Cl)cc1Cl. The molecule has 0 aliphatic carbocycles. The van der Waals surface area contributed by atoms with Gasteiger partial charge in [-0.3, -0.25) is 0 Å². The predicted molar refractivity (Wildman–Crippen MR) is 117 cm³/mol. The number of nitrogens with one attached hydrogen (secondary N) is 1. The normalized spacial score (nSPS) is 16.4. The summed E-state index contributed by atoms with van der Waals surface area (Å²) in [7, 11) is 0. The maximum atomic E-state index is 6.25. The maximum Gasteiger partial charge on any atom is 0.175 e. The van der Waals surface area contributed by atoms with Gasteiger partial charge in [-0.15, -0.1) is 0 Å². The zero-order valence-corrected chi connectivity index (χ0v) is 18.9. The zero-order chi connectivity index (χ0) is 19.9. The van der Waals surface area contributed by atoms with Crippen LogP contribution in [0.2, 0.25) is 10.0 Å². The molecule has 0 unspecified atom stereocenters. The van der Waals surface area contributed by atoms with E-state index in [9.17, 15) is 0 Å². The van der Waals surface area contributed by atoms with Crippen LogP contribution in [0, 0.1) is 0 Å². The van der Waals surface area contributed by atoms with Crippen molar-refractivity contribution >= 4 is 39.1 Å². The molecule has 1 saturated heterocycles. The zero-order valence-electron chi connectivity index (χ0n) is 15.8. The molecule has 1 fully saturated rings. The summed E-state index contributed by atoms with van der Waals surface area (Å²) in [5.74, 6) is 1.37. The van der Waals surface area contributed by atoms with Crippen LogP contribution in [0.15, 0.2) is 34.8 Å². The van der Waals surface area contributed by atoms with Crippen molar-refractivity contribution in [3.63, 3.8) is 0 Å². The van der Waals surface area contributed by atoms with Crippen molar-refractivity contribution in [3.8, 4) is 11.5 Å². The van der Waals surface area contributed by atoms with E-state index in [-0.39, 0.29) is 0 Å². The summed E-state index contributed by atoms with van der Waals surface area (Å²) in [6.45, 7) is 5.30. The number of ether oxygens (including phenoxy) is 3. The summed E-state index contributed by atoms with van der Waals surface area (Å²) in [6, 6.07) is 9.43. The number of halogens is 3. The van der Waals surface area contributed by atoms with Gasteiger partial charge < -0.3 is 19.5 Å². The van der Waals surface area contributed by atoms with E-state index in [0.717, 1.165) is 48.1 Å². The van der Waals surface area contributed by atoms with Crippen molar-refractivity contribution in [2.75, 3.05) is 19.8 Å². The second-order valence-electron chi connectivity index (χ2n) is 6.63. The molecule has 28 heavy (non-hydrogen) atoms. The molecule has 3 rings (SSSR count). The standard InChI is InChI=1S/C21H24BrCl2NO3/c1-2-26-20-9-14(11-25-12-17-4-3-7-27-17)8-18(22)21(20)28-13-15-5-6-16(23)10-19(15)24/h5-6,8-10,17,25H,2-4,7,11-13H2,1H3/t17-/m0/s1. The highest BCUT2D eigenvalue weighted by molar-refractivity contribution is 9.10. The lowest BCUT2D eigenvalue weighted by Crippen LogP contribution is -2.25. The van der Waals surface area contributed by atoms with E-state index in [0.29, 0.717) is 40.9 Å². The molecule has 4 nitrogen and oxygen atoms in total. The van der Waals surface area contributed by atoms with Crippen molar-refractivity contribution in [3.05, 3.63) is 56.0 Å². The van der Waals surface area contributed by atoms with Gasteiger partial charge in [0, 0.05) is 35.3 Å². The van der Waals surface area contributed by atoms with Gasteiger partial charge in [0.15, 0.2) is 11.5 Å². The number of hydrogen-bond donors (Lipinski definition) is 1. The monoisotopic (exact) mass is 487 g/mol. The number of benzene rings is 2. The first-order valence-electron chi connectivity index (χ1n) is 9.41. The Morgan fingerprint density at radius 3 is 2.79 bits per heavy atom. The van der Waals surface area contributed by atoms with Gasteiger partial charge in [0.1, 0.15) is 6.61 Å². The van der Waals surface area contributed by atoms with E-state index in [2.05, 4.69) is 21.2 Å². The molecule has 2 aromatic rings. The molecule has 1 N–H and O–H groups in total. The van der Waals surface area contributed by atoms with E-state index < -0.39 is 0 Å². The van der Waals surface area contributed by atoms with Crippen LogP contribution in [0.1, 0.15) is 30.9 Å². The molecule has 0 spiro atoms. The lowest BCUT2D eigenvalue weighted by atomic mass is 10.2. The smallest absolute Gasteiger partial charge is 0.175 e. The fraction of sp³-hybridized carbons (Fsp3) is 0.429. The summed E-state index contributed by atoms with van der Waals surface area (Å²) in [5, 5.41) is 4.64. The van der Waals surface area contributed by atoms with Crippen molar-refractivity contribution in [1.82, 2.24) is 5.32 Å². The van der Waals surface area contributed by atoms with Crippen molar-refractivity contribution < 1.29 is 14.2 Å². The Hall–Kier alpha value is -0.980. The Labute approximate surface area is 184 Å². The van der Waals surface area contributed by atoms with E-state index in [1.807, 2.05) is 25.1 Å². The van der Waals surface area contributed by atoms with Crippen LogP contribution in [-0.4, -0.2) is 25.9 Å². The van der Waals surface area contributed by atoms with Crippen LogP contribution in [0.25, 0.3) is 0 Å². The molecule has 2 aromatic carbocycles. The fourth-order valence-corrected chi connectivity index (χ4v) is 4.16. The Bertz CT molecular complexity index is 797. The topological polar surface area (TPSA) is 39.7 Å². The molecule has 1 atom stereocenters. The summed E-state index contributed by atoms with van der Waals surface area (Å²) >= 11 is 15.8. The minimum absolute atomic E-state index is 0.321. The van der Waals surface area contributed by atoms with E-state index in [4.69, 9.17) is 37.4 Å². The Balaban J connectivity index is 1.67. The number of hydrogen-bond acceptors (Lipinski definition) is 4. The minimum atomic E-state index is 0.321. The second-order valence-corrected chi connectivity index (χ2v) is 8.33. The molecule has 0 amide bonds. The third-order valence-corrected chi connectivity index (χ3v) is 5.66. The molecular formula is C21H24BrCl2NO3. The van der Waals surface area contributed by atoms with Crippen molar-refractivity contribution in [2.45, 2.75) is 39.0 Å². The number of rotatable bonds is 9. The quantitative estimate of drug-likeness (QED) is 0.469. The average Bonchev–Trinajstić information content (AvgIpc) is 3.16. The lowest BCUT2D eigenvalue weighted by molar-refractivity contribution is 0.110. The van der Waals surface area contributed by atoms with Gasteiger partial charge in [0.25, 0.3) is 0 Å². The van der Waals surface area contributed by atoms with Gasteiger partial charge in [-0.2, -0.15) is 0 Å². The van der Waals surface area contributed by atoms with Gasteiger partial charge in [-0.25, -0.2) is 0 Å². The molecule has 152 valence electrons. The highest BCUT2D eigenvalue weighted by Gasteiger charge is 2.16. The first-order valence-corrected chi connectivity index (χ1v) is 11.0. The summed E-state index contributed by atoms with van der Waals surface area (Å²) in [6.07, 6.45) is 2.60. The van der Waals surface area contributed by atoms with Gasteiger partial charge in [-0.1, -0.05) is 29.3 Å². The van der Waals surface area contributed by atoms with Crippen LogP contribution in [-0.2, 0) is 17.9 Å². The minimum Gasteiger partial charge on any atom is -0.490 e. The molecule has 0 bridgehead atoms. The molecule has 1 aliphatic rings. The van der Waals surface area contributed by atoms with Crippen LogP contribution >= 0.6 is 39.1 Å². The second kappa shape index (κ2) is 10.7. The van der Waals surface area contributed by atoms with Crippen LogP contribution < -0.4 is 14.8 Å². The molecule has 1 heterocycles.